The number of rotatable bonds is 4. The van der Waals surface area contributed by atoms with Gasteiger partial charge in [0.05, 0.1) is 0 Å². The normalized spacial score (nSPS) is 31.3. The van der Waals surface area contributed by atoms with Crippen molar-refractivity contribution in [1.82, 2.24) is 5.32 Å². The van der Waals surface area contributed by atoms with E-state index in [9.17, 15) is 0 Å². The van der Waals surface area contributed by atoms with E-state index in [1.807, 2.05) is 0 Å². The lowest BCUT2D eigenvalue weighted by Gasteiger charge is -2.42. The predicted octanol–water partition coefficient (Wildman–Crippen LogP) is 2.14. The molecule has 0 aromatic heterocycles. The molecule has 2 heteroatoms. The van der Waals surface area contributed by atoms with E-state index >= 15 is 0 Å². The van der Waals surface area contributed by atoms with Crippen molar-refractivity contribution in [2.45, 2.75) is 52.5 Å². The van der Waals surface area contributed by atoms with E-state index in [0.29, 0.717) is 11.3 Å². The SMILES string of the molecule is CC(C)CNC1(CN)CCCC1(C)C. The molecule has 0 saturated heterocycles. The Bertz CT molecular complexity index is 187. The van der Waals surface area contributed by atoms with E-state index in [1.54, 1.807) is 0 Å². The molecule has 0 aromatic rings. The van der Waals surface area contributed by atoms with Crippen molar-refractivity contribution in [3.63, 3.8) is 0 Å². The standard InChI is InChI=1S/C12H26N2/c1-10(2)8-14-12(9-13)7-5-6-11(12,3)4/h10,14H,5-9,13H2,1-4H3. The van der Waals surface area contributed by atoms with Crippen LogP contribution in [0.25, 0.3) is 0 Å². The van der Waals surface area contributed by atoms with Crippen LogP contribution >= 0.6 is 0 Å². The Morgan fingerprint density at radius 1 is 1.29 bits per heavy atom. The summed E-state index contributed by atoms with van der Waals surface area (Å²) in [6, 6.07) is 0. The number of nitrogens with two attached hydrogens (primary N) is 1. The van der Waals surface area contributed by atoms with Crippen LogP contribution in [0.5, 0.6) is 0 Å². The van der Waals surface area contributed by atoms with Crippen LogP contribution in [0.1, 0.15) is 47.0 Å². The molecule has 0 heterocycles. The summed E-state index contributed by atoms with van der Waals surface area (Å²) in [6.45, 7) is 11.0. The maximum absolute atomic E-state index is 5.97. The van der Waals surface area contributed by atoms with Crippen LogP contribution in [-0.4, -0.2) is 18.6 Å². The average Bonchev–Trinajstić information content (AvgIpc) is 2.38. The number of hydrogen-bond donors (Lipinski definition) is 2. The summed E-state index contributed by atoms with van der Waals surface area (Å²) in [5.74, 6) is 0.704. The van der Waals surface area contributed by atoms with Crippen LogP contribution in [0.4, 0.5) is 0 Å². The van der Waals surface area contributed by atoms with Crippen LogP contribution in [0, 0.1) is 11.3 Å². The Morgan fingerprint density at radius 3 is 2.29 bits per heavy atom. The van der Waals surface area contributed by atoms with Crippen LogP contribution in [0.3, 0.4) is 0 Å². The molecule has 1 fully saturated rings. The molecule has 1 aliphatic rings. The molecule has 1 unspecified atom stereocenters. The van der Waals surface area contributed by atoms with E-state index in [4.69, 9.17) is 5.73 Å². The highest BCUT2D eigenvalue weighted by Gasteiger charge is 2.47. The zero-order valence-corrected chi connectivity index (χ0v) is 10.2. The third-order valence-electron chi connectivity index (χ3n) is 3.90. The van der Waals surface area contributed by atoms with Crippen LogP contribution < -0.4 is 11.1 Å². The predicted molar refractivity (Wildman–Crippen MR) is 62.3 cm³/mol. The highest BCUT2D eigenvalue weighted by Crippen LogP contribution is 2.45. The van der Waals surface area contributed by atoms with Gasteiger partial charge < -0.3 is 11.1 Å². The van der Waals surface area contributed by atoms with Crippen molar-refractivity contribution in [1.29, 1.82) is 0 Å². The first-order valence-electron chi connectivity index (χ1n) is 5.89. The van der Waals surface area contributed by atoms with E-state index < -0.39 is 0 Å². The lowest BCUT2D eigenvalue weighted by molar-refractivity contribution is 0.159. The number of hydrogen-bond acceptors (Lipinski definition) is 2. The van der Waals surface area contributed by atoms with Gasteiger partial charge in [-0.05, 0) is 30.7 Å². The van der Waals surface area contributed by atoms with Gasteiger partial charge in [-0.2, -0.15) is 0 Å². The minimum Gasteiger partial charge on any atom is -0.329 e. The van der Waals surface area contributed by atoms with Crippen LogP contribution in [-0.2, 0) is 0 Å². The van der Waals surface area contributed by atoms with Gasteiger partial charge in [0, 0.05) is 12.1 Å². The minimum atomic E-state index is 0.192. The van der Waals surface area contributed by atoms with Gasteiger partial charge in [-0.15, -0.1) is 0 Å². The molecule has 0 aromatic carbocycles. The Hall–Kier alpha value is -0.0800. The molecule has 1 atom stereocenters. The van der Waals surface area contributed by atoms with E-state index in [0.717, 1.165) is 13.1 Å². The van der Waals surface area contributed by atoms with Gasteiger partial charge in [0.25, 0.3) is 0 Å². The first-order chi connectivity index (χ1) is 6.43. The Balaban J connectivity index is 2.66. The minimum absolute atomic E-state index is 0.192. The summed E-state index contributed by atoms with van der Waals surface area (Å²) in [5, 5.41) is 3.71. The van der Waals surface area contributed by atoms with Gasteiger partial charge >= 0.3 is 0 Å². The fourth-order valence-corrected chi connectivity index (χ4v) is 2.59. The molecule has 1 saturated carbocycles. The first kappa shape index (κ1) is 12.0. The zero-order chi connectivity index (χ0) is 10.8. The van der Waals surface area contributed by atoms with Crippen molar-refractivity contribution >= 4 is 0 Å². The molecule has 0 spiro atoms. The monoisotopic (exact) mass is 198 g/mol. The summed E-state index contributed by atoms with van der Waals surface area (Å²) >= 11 is 0. The van der Waals surface area contributed by atoms with Crippen molar-refractivity contribution in [2.75, 3.05) is 13.1 Å². The van der Waals surface area contributed by atoms with Gasteiger partial charge in [0.1, 0.15) is 0 Å². The smallest absolute Gasteiger partial charge is 0.0355 e. The summed E-state index contributed by atoms with van der Waals surface area (Å²) in [5.41, 5.74) is 6.52. The molecule has 1 aliphatic carbocycles. The van der Waals surface area contributed by atoms with E-state index in [1.165, 1.54) is 19.3 Å². The third kappa shape index (κ3) is 2.12. The Kier molecular flexibility index (Phi) is 3.59. The molecule has 2 nitrogen and oxygen atoms in total. The van der Waals surface area contributed by atoms with Crippen molar-refractivity contribution in [2.24, 2.45) is 17.1 Å². The fraction of sp³-hybridized carbons (Fsp3) is 1.00. The van der Waals surface area contributed by atoms with Gasteiger partial charge in [0.2, 0.25) is 0 Å². The maximum atomic E-state index is 5.97. The highest BCUT2D eigenvalue weighted by atomic mass is 15.0. The second-order valence-corrected chi connectivity index (χ2v) is 5.80. The second kappa shape index (κ2) is 4.19. The molecule has 0 bridgehead atoms. The molecule has 0 amide bonds. The molecule has 84 valence electrons. The summed E-state index contributed by atoms with van der Waals surface area (Å²) in [7, 11) is 0. The molecular formula is C12H26N2. The van der Waals surface area contributed by atoms with Gasteiger partial charge in [-0.25, -0.2) is 0 Å². The van der Waals surface area contributed by atoms with Crippen molar-refractivity contribution in [3.05, 3.63) is 0 Å². The average molecular weight is 198 g/mol. The third-order valence-corrected chi connectivity index (χ3v) is 3.90. The number of nitrogens with one attached hydrogen (secondary N) is 1. The quantitative estimate of drug-likeness (QED) is 0.726. The molecule has 14 heavy (non-hydrogen) atoms. The highest BCUT2D eigenvalue weighted by molar-refractivity contribution is 5.05. The van der Waals surface area contributed by atoms with Crippen molar-refractivity contribution < 1.29 is 0 Å². The van der Waals surface area contributed by atoms with E-state index in [-0.39, 0.29) is 5.54 Å². The molecule has 1 rings (SSSR count). The van der Waals surface area contributed by atoms with Gasteiger partial charge in [-0.3, -0.25) is 0 Å². The molecular weight excluding hydrogens is 172 g/mol. The summed E-state index contributed by atoms with van der Waals surface area (Å²) in [4.78, 5) is 0. The van der Waals surface area contributed by atoms with Crippen LogP contribution in [0.15, 0.2) is 0 Å². The lowest BCUT2D eigenvalue weighted by atomic mass is 9.74. The first-order valence-corrected chi connectivity index (χ1v) is 5.89. The molecule has 0 aliphatic heterocycles. The summed E-state index contributed by atoms with van der Waals surface area (Å²) in [6.07, 6.45) is 3.85. The Morgan fingerprint density at radius 2 is 1.93 bits per heavy atom. The fourth-order valence-electron chi connectivity index (χ4n) is 2.59. The second-order valence-electron chi connectivity index (χ2n) is 5.80. The van der Waals surface area contributed by atoms with Gasteiger partial charge in [-0.1, -0.05) is 34.1 Å². The Labute approximate surface area is 88.6 Å². The van der Waals surface area contributed by atoms with Gasteiger partial charge in [0.15, 0.2) is 0 Å². The lowest BCUT2D eigenvalue weighted by Crippen LogP contribution is -2.58. The molecule has 0 radical (unpaired) electrons. The summed E-state index contributed by atoms with van der Waals surface area (Å²) < 4.78 is 0. The van der Waals surface area contributed by atoms with E-state index in [2.05, 4.69) is 33.0 Å². The topological polar surface area (TPSA) is 38.0 Å². The van der Waals surface area contributed by atoms with Crippen LogP contribution in [0.2, 0.25) is 0 Å². The zero-order valence-electron chi connectivity index (χ0n) is 10.2. The largest absolute Gasteiger partial charge is 0.329 e. The van der Waals surface area contributed by atoms with Crippen molar-refractivity contribution in [3.8, 4) is 0 Å². The maximum Gasteiger partial charge on any atom is 0.0355 e. The molecule has 3 N–H and O–H groups in total.